The van der Waals surface area contributed by atoms with E-state index in [1.54, 1.807) is 0 Å². The number of benzene rings is 1. The number of hydrogen-bond donors (Lipinski definition) is 1. The van der Waals surface area contributed by atoms with Gasteiger partial charge in [0.15, 0.2) is 0 Å². The highest BCUT2D eigenvalue weighted by molar-refractivity contribution is 5.91. The van der Waals surface area contributed by atoms with Gasteiger partial charge in [-0.1, -0.05) is 50.6 Å². The molecule has 1 aromatic rings. The highest BCUT2D eigenvalue weighted by Gasteiger charge is 2.68. The molecule has 7 rings (SSSR count). The van der Waals surface area contributed by atoms with Crippen LogP contribution < -0.4 is 4.90 Å². The maximum atomic E-state index is 13.6. The number of rotatable bonds is 3. The number of para-hydroxylation sites is 1. The fourth-order valence-electron chi connectivity index (χ4n) is 6.58. The molecule has 0 radical (unpaired) electrons. The molecule has 1 aliphatic heterocycles. The van der Waals surface area contributed by atoms with E-state index >= 15 is 0 Å². The van der Waals surface area contributed by atoms with Gasteiger partial charge >= 0.3 is 5.97 Å². The third-order valence-electron chi connectivity index (χ3n) is 8.06. The zero-order valence-corrected chi connectivity index (χ0v) is 18.3. The lowest BCUT2D eigenvalue weighted by Gasteiger charge is -2.63. The number of carbonyl (C=O) groups is 2. The predicted molar refractivity (Wildman–Crippen MR) is 116 cm³/mol. The molecule has 6 aliphatic rings. The summed E-state index contributed by atoms with van der Waals surface area (Å²) in [5.41, 5.74) is 2.68. The monoisotopic (exact) mass is 408 g/mol. The second-order valence-corrected chi connectivity index (χ2v) is 10.9. The maximum absolute atomic E-state index is 13.6. The molecule has 1 heterocycles. The topological polar surface area (TPSA) is 60.9 Å². The average Bonchev–Trinajstić information content (AvgIpc) is 2.72. The zero-order valence-electron chi connectivity index (χ0n) is 18.3. The van der Waals surface area contributed by atoms with Gasteiger partial charge in [0.1, 0.15) is 0 Å². The Hall–Kier alpha value is -2.30. The first kappa shape index (κ1) is 19.7. The molecule has 5 heteroatoms. The summed E-state index contributed by atoms with van der Waals surface area (Å²) in [4.78, 5) is 30.0. The van der Waals surface area contributed by atoms with Gasteiger partial charge in [-0.3, -0.25) is 9.59 Å². The lowest BCUT2D eigenvalue weighted by atomic mass is 9.40. The highest BCUT2D eigenvalue weighted by Crippen LogP contribution is 2.69. The zero-order chi connectivity index (χ0) is 21.3. The number of anilines is 1. The molecular weight excluding hydrogens is 376 g/mol. The summed E-state index contributed by atoms with van der Waals surface area (Å²) >= 11 is 0. The molecule has 4 bridgehead atoms. The Labute approximate surface area is 178 Å². The number of nitrogens with zero attached hydrogens (tertiary/aromatic N) is 2. The van der Waals surface area contributed by atoms with E-state index in [2.05, 4.69) is 56.0 Å². The molecule has 4 fully saturated rings. The molecule has 5 aliphatic carbocycles. The third kappa shape index (κ3) is 2.67. The number of hydrogen-bond acceptors (Lipinski definition) is 3. The molecule has 3 saturated carbocycles. The Kier molecular flexibility index (Phi) is 4.16. The molecule has 30 heavy (non-hydrogen) atoms. The van der Waals surface area contributed by atoms with Crippen LogP contribution in [-0.2, 0) is 15.0 Å². The molecule has 1 N–H and O–H groups in total. The normalized spacial score (nSPS) is 32.5. The van der Waals surface area contributed by atoms with Gasteiger partial charge in [-0.2, -0.15) is 0 Å². The molecular formula is C25H32N2O3. The summed E-state index contributed by atoms with van der Waals surface area (Å²) in [6.07, 6.45) is 4.76. The van der Waals surface area contributed by atoms with Gasteiger partial charge in [0.25, 0.3) is 0 Å². The molecule has 5 nitrogen and oxygen atoms in total. The van der Waals surface area contributed by atoms with Crippen LogP contribution in [0.1, 0.15) is 52.0 Å². The molecule has 160 valence electrons. The van der Waals surface area contributed by atoms with Gasteiger partial charge in [0.2, 0.25) is 5.91 Å². The van der Waals surface area contributed by atoms with Crippen LogP contribution in [0.5, 0.6) is 0 Å². The van der Waals surface area contributed by atoms with Crippen LogP contribution in [0, 0.1) is 16.7 Å². The van der Waals surface area contributed by atoms with Crippen molar-refractivity contribution in [2.45, 2.75) is 51.9 Å². The van der Waals surface area contributed by atoms with Crippen molar-refractivity contribution in [2.24, 2.45) is 16.7 Å². The van der Waals surface area contributed by atoms with Crippen molar-refractivity contribution in [1.82, 2.24) is 4.90 Å². The summed E-state index contributed by atoms with van der Waals surface area (Å²) in [6, 6.07) is 8.58. The molecule has 3 unspecified atom stereocenters. The number of carboxylic acids is 1. The van der Waals surface area contributed by atoms with E-state index in [9.17, 15) is 14.7 Å². The fourth-order valence-corrected chi connectivity index (χ4v) is 6.58. The smallest absolute Gasteiger partial charge is 0.310 e. The van der Waals surface area contributed by atoms with Crippen LogP contribution in [0.3, 0.4) is 0 Å². The van der Waals surface area contributed by atoms with Crippen LogP contribution in [-0.4, -0.2) is 48.1 Å². The standard InChI is InChI=1S/C25H32N2O3/c1-23(2,3)19-6-4-5-7-20(19)26-10-12-27(13-11-26)21(28)25-15-17-14-24(16-25,22(29)30)9-8-18(17)25/h4-8,17H,9-16H2,1-3H3,(H,29,30). The first-order valence-corrected chi connectivity index (χ1v) is 11.2. The second kappa shape index (κ2) is 6.35. The predicted octanol–water partition coefficient (Wildman–Crippen LogP) is 3.83. The summed E-state index contributed by atoms with van der Waals surface area (Å²) in [6.45, 7) is 9.77. The van der Waals surface area contributed by atoms with Crippen LogP contribution in [0.2, 0.25) is 0 Å². The molecule has 0 aromatic heterocycles. The first-order chi connectivity index (χ1) is 14.2. The van der Waals surface area contributed by atoms with Gasteiger partial charge in [-0.15, -0.1) is 0 Å². The van der Waals surface area contributed by atoms with Crippen LogP contribution in [0.25, 0.3) is 0 Å². The number of allylic oxidation sites excluding steroid dienone is 1. The molecule has 3 atom stereocenters. The van der Waals surface area contributed by atoms with E-state index < -0.39 is 16.8 Å². The van der Waals surface area contributed by atoms with E-state index in [0.717, 1.165) is 25.9 Å². The van der Waals surface area contributed by atoms with Crippen LogP contribution in [0.4, 0.5) is 5.69 Å². The van der Waals surface area contributed by atoms with Crippen LogP contribution in [0.15, 0.2) is 35.9 Å². The van der Waals surface area contributed by atoms with Crippen molar-refractivity contribution in [3.63, 3.8) is 0 Å². The van der Waals surface area contributed by atoms with Crippen molar-refractivity contribution in [3.8, 4) is 0 Å². The lowest BCUT2D eigenvalue weighted by Crippen LogP contribution is -2.64. The Morgan fingerprint density at radius 2 is 1.77 bits per heavy atom. The fraction of sp³-hybridized carbons (Fsp3) is 0.600. The Balaban J connectivity index is 1.32. The number of carboxylic acid groups (broad SMARTS) is 1. The van der Waals surface area contributed by atoms with E-state index in [0.29, 0.717) is 31.8 Å². The lowest BCUT2D eigenvalue weighted by molar-refractivity contribution is -0.170. The Morgan fingerprint density at radius 3 is 2.40 bits per heavy atom. The molecule has 1 amide bonds. The summed E-state index contributed by atoms with van der Waals surface area (Å²) < 4.78 is 0. The molecule has 0 spiro atoms. The number of carbonyl (C=O) groups excluding carboxylic acids is 1. The van der Waals surface area contributed by atoms with Crippen LogP contribution >= 0.6 is 0 Å². The van der Waals surface area contributed by atoms with Gasteiger partial charge < -0.3 is 14.9 Å². The quantitative estimate of drug-likeness (QED) is 0.772. The SMILES string of the molecule is CC(C)(C)c1ccccc1N1CCN(C(=O)C23CC4CC(C(=O)O)(CC=C42)C3)CC1. The highest BCUT2D eigenvalue weighted by atomic mass is 16.4. The second-order valence-electron chi connectivity index (χ2n) is 10.9. The van der Waals surface area contributed by atoms with Gasteiger partial charge in [0, 0.05) is 31.9 Å². The summed E-state index contributed by atoms with van der Waals surface area (Å²) in [7, 11) is 0. The van der Waals surface area contributed by atoms with Crippen molar-refractivity contribution >= 4 is 17.6 Å². The molecule has 1 saturated heterocycles. The minimum Gasteiger partial charge on any atom is -0.481 e. The van der Waals surface area contributed by atoms with Crippen molar-refractivity contribution in [1.29, 1.82) is 0 Å². The minimum absolute atomic E-state index is 0.0718. The number of amides is 1. The van der Waals surface area contributed by atoms with Gasteiger partial charge in [-0.05, 0) is 48.6 Å². The number of aliphatic carboxylic acids is 1. The summed E-state index contributed by atoms with van der Waals surface area (Å²) in [5.74, 6) is -0.228. The van der Waals surface area contributed by atoms with E-state index in [4.69, 9.17) is 0 Å². The van der Waals surface area contributed by atoms with Crippen molar-refractivity contribution in [2.75, 3.05) is 31.1 Å². The van der Waals surface area contributed by atoms with Gasteiger partial charge in [-0.25, -0.2) is 0 Å². The minimum atomic E-state index is -0.719. The summed E-state index contributed by atoms with van der Waals surface area (Å²) in [5, 5.41) is 9.85. The number of piperazine rings is 1. The molecule has 1 aromatic carbocycles. The Morgan fingerprint density at radius 1 is 1.07 bits per heavy atom. The largest absolute Gasteiger partial charge is 0.481 e. The Bertz CT molecular complexity index is 938. The maximum Gasteiger partial charge on any atom is 0.310 e. The average molecular weight is 409 g/mol. The van der Waals surface area contributed by atoms with E-state index in [-0.39, 0.29) is 11.3 Å². The third-order valence-corrected chi connectivity index (χ3v) is 8.06. The van der Waals surface area contributed by atoms with Crippen molar-refractivity contribution < 1.29 is 14.7 Å². The van der Waals surface area contributed by atoms with E-state index in [1.807, 2.05) is 4.90 Å². The van der Waals surface area contributed by atoms with Crippen molar-refractivity contribution in [3.05, 3.63) is 41.5 Å². The number of fused-ring (bicyclic) bond motifs is 1. The van der Waals surface area contributed by atoms with E-state index in [1.165, 1.54) is 16.8 Å². The van der Waals surface area contributed by atoms with Gasteiger partial charge in [0.05, 0.1) is 10.8 Å². The first-order valence-electron chi connectivity index (χ1n) is 11.2.